The van der Waals surface area contributed by atoms with Gasteiger partial charge in [-0.3, -0.25) is 4.79 Å². The Morgan fingerprint density at radius 3 is 2.76 bits per heavy atom. The standard InChI is InChI=1S/C22H26N4O2S/c23-15-17-16-5-1-4-8-20(16)29-22(17)24-21(28)9-10-25-11-13-26(14-12-25)18-6-2-3-7-19(18)27/h2-3,6-7,27H,1,4-5,8-14H2,(H,24,28)/p+1. The van der Waals surface area contributed by atoms with Gasteiger partial charge in [0, 0.05) is 4.88 Å². The Hall–Kier alpha value is -2.56. The third-order valence-corrected chi connectivity index (χ3v) is 7.14. The van der Waals surface area contributed by atoms with Crippen LogP contribution in [-0.2, 0) is 17.6 Å². The molecule has 152 valence electrons. The number of hydrogen-bond donors (Lipinski definition) is 3. The first-order valence-corrected chi connectivity index (χ1v) is 11.2. The number of quaternary nitrogens is 1. The highest BCUT2D eigenvalue weighted by Crippen LogP contribution is 2.37. The molecule has 3 N–H and O–H groups in total. The van der Waals surface area contributed by atoms with Gasteiger partial charge in [-0.05, 0) is 43.4 Å². The third-order valence-electron chi connectivity index (χ3n) is 5.93. The molecule has 29 heavy (non-hydrogen) atoms. The number of hydrogen-bond acceptors (Lipinski definition) is 5. The lowest BCUT2D eigenvalue weighted by Crippen LogP contribution is -3.15. The normalized spacial score (nSPS) is 16.9. The van der Waals surface area contributed by atoms with Crippen molar-refractivity contribution in [1.82, 2.24) is 0 Å². The maximum atomic E-state index is 12.5. The van der Waals surface area contributed by atoms with Crippen LogP contribution in [0, 0.1) is 11.3 Å². The minimum Gasteiger partial charge on any atom is -0.506 e. The van der Waals surface area contributed by atoms with Crippen LogP contribution in [0.25, 0.3) is 0 Å². The number of aryl methyl sites for hydroxylation is 1. The number of piperazine rings is 1. The van der Waals surface area contributed by atoms with Crippen molar-refractivity contribution in [2.75, 3.05) is 42.9 Å². The summed E-state index contributed by atoms with van der Waals surface area (Å²) in [6.45, 7) is 4.40. The predicted molar refractivity (Wildman–Crippen MR) is 115 cm³/mol. The molecule has 1 amide bonds. The van der Waals surface area contributed by atoms with Crippen molar-refractivity contribution in [2.45, 2.75) is 32.1 Å². The zero-order chi connectivity index (χ0) is 20.2. The second-order valence-electron chi connectivity index (χ2n) is 7.80. The summed E-state index contributed by atoms with van der Waals surface area (Å²) in [5, 5.41) is 23.3. The second kappa shape index (κ2) is 8.85. The SMILES string of the molecule is N#Cc1c(NC(=O)CC[NH+]2CCN(c3ccccc3O)CC2)sc2c1CCCC2. The van der Waals surface area contributed by atoms with E-state index in [-0.39, 0.29) is 5.91 Å². The predicted octanol–water partition coefficient (Wildman–Crippen LogP) is 1.94. The average Bonchev–Trinajstić information content (AvgIpc) is 3.10. The summed E-state index contributed by atoms with van der Waals surface area (Å²) in [7, 11) is 0. The lowest BCUT2D eigenvalue weighted by Gasteiger charge is -2.33. The van der Waals surface area contributed by atoms with Gasteiger partial charge in [0.25, 0.3) is 0 Å². The Bertz CT molecular complexity index is 925. The van der Waals surface area contributed by atoms with Gasteiger partial charge in [0.05, 0.1) is 50.4 Å². The zero-order valence-electron chi connectivity index (χ0n) is 16.5. The molecule has 0 spiro atoms. The number of carbonyl (C=O) groups excluding carboxylic acids is 1. The molecule has 6 nitrogen and oxygen atoms in total. The van der Waals surface area contributed by atoms with Gasteiger partial charge in [0.1, 0.15) is 16.8 Å². The number of para-hydroxylation sites is 2. The molecule has 1 aromatic carbocycles. The van der Waals surface area contributed by atoms with E-state index in [1.807, 2.05) is 18.2 Å². The summed E-state index contributed by atoms with van der Waals surface area (Å²) in [6, 6.07) is 9.74. The molecule has 1 fully saturated rings. The van der Waals surface area contributed by atoms with Crippen LogP contribution in [0.3, 0.4) is 0 Å². The van der Waals surface area contributed by atoms with Crippen LogP contribution in [0.5, 0.6) is 5.75 Å². The van der Waals surface area contributed by atoms with Crippen LogP contribution in [-0.4, -0.2) is 43.7 Å². The fraction of sp³-hybridized carbons (Fsp3) is 0.455. The number of thiophene rings is 1. The van der Waals surface area contributed by atoms with Gasteiger partial charge in [0.2, 0.25) is 5.91 Å². The minimum absolute atomic E-state index is 0.00395. The Balaban J connectivity index is 1.28. The Labute approximate surface area is 175 Å². The molecule has 2 heterocycles. The molecule has 0 saturated carbocycles. The van der Waals surface area contributed by atoms with Crippen molar-refractivity contribution < 1.29 is 14.8 Å². The fourth-order valence-corrected chi connectivity index (χ4v) is 5.55. The van der Waals surface area contributed by atoms with Crippen molar-refractivity contribution in [3.63, 3.8) is 0 Å². The number of aromatic hydroxyl groups is 1. The summed E-state index contributed by atoms with van der Waals surface area (Å²) in [5.74, 6) is 0.318. The van der Waals surface area contributed by atoms with E-state index < -0.39 is 0 Å². The summed E-state index contributed by atoms with van der Waals surface area (Å²) in [6.07, 6.45) is 4.73. The lowest BCUT2D eigenvalue weighted by molar-refractivity contribution is -0.900. The van der Waals surface area contributed by atoms with Gasteiger partial charge in [-0.2, -0.15) is 5.26 Å². The van der Waals surface area contributed by atoms with Gasteiger partial charge in [0.15, 0.2) is 0 Å². The molecule has 7 heteroatoms. The summed E-state index contributed by atoms with van der Waals surface area (Å²) in [4.78, 5) is 17.4. The van der Waals surface area contributed by atoms with Gasteiger partial charge < -0.3 is 20.2 Å². The molecule has 1 saturated heterocycles. The number of nitrogens with one attached hydrogen (secondary N) is 2. The van der Waals surface area contributed by atoms with E-state index in [0.717, 1.165) is 68.2 Å². The van der Waals surface area contributed by atoms with E-state index in [2.05, 4.69) is 16.3 Å². The van der Waals surface area contributed by atoms with Crippen LogP contribution >= 0.6 is 11.3 Å². The molecule has 2 aromatic rings. The van der Waals surface area contributed by atoms with E-state index in [9.17, 15) is 15.2 Å². The molecule has 4 rings (SSSR count). The van der Waals surface area contributed by atoms with Crippen LogP contribution < -0.4 is 15.1 Å². The highest BCUT2D eigenvalue weighted by molar-refractivity contribution is 7.16. The first kappa shape index (κ1) is 19.7. The molecule has 0 radical (unpaired) electrons. The molecular weight excluding hydrogens is 384 g/mol. The topological polar surface area (TPSA) is 80.8 Å². The number of carbonyl (C=O) groups is 1. The molecule has 1 aliphatic heterocycles. The Morgan fingerprint density at radius 1 is 1.24 bits per heavy atom. The van der Waals surface area contributed by atoms with E-state index >= 15 is 0 Å². The van der Waals surface area contributed by atoms with Gasteiger partial charge in [-0.25, -0.2) is 0 Å². The van der Waals surface area contributed by atoms with Crippen LogP contribution in [0.1, 0.15) is 35.3 Å². The number of anilines is 2. The molecule has 0 unspecified atom stereocenters. The number of benzene rings is 1. The highest BCUT2D eigenvalue weighted by Gasteiger charge is 2.24. The summed E-state index contributed by atoms with van der Waals surface area (Å²) < 4.78 is 0. The molecule has 1 aromatic heterocycles. The maximum absolute atomic E-state index is 12.5. The number of phenols is 1. The molecule has 1 aliphatic carbocycles. The van der Waals surface area contributed by atoms with Crippen molar-refractivity contribution in [3.8, 4) is 11.8 Å². The summed E-state index contributed by atoms with van der Waals surface area (Å²) >= 11 is 1.58. The largest absolute Gasteiger partial charge is 0.506 e. The molecule has 0 bridgehead atoms. The van der Waals surface area contributed by atoms with E-state index in [1.54, 1.807) is 17.4 Å². The lowest BCUT2D eigenvalue weighted by atomic mass is 9.96. The summed E-state index contributed by atoms with van der Waals surface area (Å²) in [5.41, 5.74) is 2.72. The Morgan fingerprint density at radius 2 is 2.00 bits per heavy atom. The monoisotopic (exact) mass is 411 g/mol. The van der Waals surface area contributed by atoms with E-state index in [0.29, 0.717) is 17.7 Å². The molecule has 2 aliphatic rings. The first-order chi connectivity index (χ1) is 14.2. The van der Waals surface area contributed by atoms with Gasteiger partial charge in [-0.1, -0.05) is 12.1 Å². The number of nitrogens with zero attached hydrogens (tertiary/aromatic N) is 2. The maximum Gasteiger partial charge on any atom is 0.230 e. The first-order valence-electron chi connectivity index (χ1n) is 10.4. The highest BCUT2D eigenvalue weighted by atomic mass is 32.1. The Kier molecular flexibility index (Phi) is 6.02. The van der Waals surface area contributed by atoms with Crippen molar-refractivity contribution >= 4 is 27.9 Å². The number of rotatable bonds is 5. The molecular formula is C22H27N4O2S+. The van der Waals surface area contributed by atoms with Crippen molar-refractivity contribution in [1.29, 1.82) is 5.26 Å². The van der Waals surface area contributed by atoms with Crippen molar-refractivity contribution in [2.24, 2.45) is 0 Å². The zero-order valence-corrected chi connectivity index (χ0v) is 17.4. The second-order valence-corrected chi connectivity index (χ2v) is 8.91. The minimum atomic E-state index is -0.00395. The number of phenolic OH excluding ortho intramolecular Hbond substituents is 1. The molecule has 0 atom stereocenters. The van der Waals surface area contributed by atoms with Gasteiger partial charge >= 0.3 is 0 Å². The van der Waals surface area contributed by atoms with Crippen molar-refractivity contribution in [3.05, 3.63) is 40.3 Å². The smallest absolute Gasteiger partial charge is 0.230 e. The number of nitriles is 1. The fourth-order valence-electron chi connectivity index (χ4n) is 4.30. The van der Waals surface area contributed by atoms with Crippen LogP contribution in [0.15, 0.2) is 24.3 Å². The third kappa shape index (κ3) is 4.39. The average molecular weight is 412 g/mol. The van der Waals surface area contributed by atoms with E-state index in [4.69, 9.17) is 0 Å². The van der Waals surface area contributed by atoms with Crippen LogP contribution in [0.2, 0.25) is 0 Å². The van der Waals surface area contributed by atoms with E-state index in [1.165, 1.54) is 16.2 Å². The number of fused-ring (bicyclic) bond motifs is 1. The van der Waals surface area contributed by atoms with Gasteiger partial charge in [-0.15, -0.1) is 11.3 Å². The number of amides is 1. The quantitative estimate of drug-likeness (QED) is 0.702. The van der Waals surface area contributed by atoms with Crippen LogP contribution in [0.4, 0.5) is 10.7 Å².